The minimum absolute atomic E-state index is 0. The van der Waals surface area contributed by atoms with Crippen molar-refractivity contribution in [3.63, 3.8) is 0 Å². The number of hydrogen-bond acceptors (Lipinski definition) is 1. The summed E-state index contributed by atoms with van der Waals surface area (Å²) < 4.78 is 7.87. The summed E-state index contributed by atoms with van der Waals surface area (Å²) in [7, 11) is 0. The predicted molar refractivity (Wildman–Crippen MR) is 122 cm³/mol. The summed E-state index contributed by atoms with van der Waals surface area (Å²) in [6.45, 7) is 7.00. The standard InChI is InChI=1S/C28H32NO.BrH/c1-28-25-13-14-26(28)27(30-20-21-7-3-2-4-8-21)19-29(28,16-15-25)18-22-11-12-23-9-5-6-10-24(23)17-22;/h2-12,17,25-27H,13-16,18-20H2,1H3;1H/q+1;/p-1/t25-,26+,27-,28+,29+;/m0./s1. The molecule has 5 atom stereocenters. The molecule has 0 amide bonds. The summed E-state index contributed by atoms with van der Waals surface area (Å²) in [6, 6.07) is 26.6. The van der Waals surface area contributed by atoms with Crippen LogP contribution in [0.5, 0.6) is 0 Å². The van der Waals surface area contributed by atoms with Gasteiger partial charge in [0.2, 0.25) is 0 Å². The van der Waals surface area contributed by atoms with Crippen LogP contribution in [0.15, 0.2) is 72.8 Å². The first kappa shape index (κ1) is 21.2. The van der Waals surface area contributed by atoms with Gasteiger partial charge < -0.3 is 26.2 Å². The molecule has 0 aromatic heterocycles. The number of rotatable bonds is 5. The number of fused-ring (bicyclic) bond motifs is 1. The number of halogens is 1. The van der Waals surface area contributed by atoms with E-state index in [4.69, 9.17) is 4.74 Å². The molecule has 1 aliphatic carbocycles. The van der Waals surface area contributed by atoms with E-state index in [1.165, 1.54) is 58.7 Å². The fourth-order valence-electron chi connectivity index (χ4n) is 7.36. The molecular formula is C28H32BrNO. The van der Waals surface area contributed by atoms with Gasteiger partial charge in [0.05, 0.1) is 13.2 Å². The van der Waals surface area contributed by atoms with Crippen LogP contribution >= 0.6 is 0 Å². The zero-order chi connectivity index (χ0) is 20.2. The molecule has 2 saturated heterocycles. The van der Waals surface area contributed by atoms with Crippen LogP contribution in [0.2, 0.25) is 0 Å². The minimum Gasteiger partial charge on any atom is -1.00 e. The Balaban J connectivity index is 0.00000204. The Bertz CT molecular complexity index is 1070. The lowest BCUT2D eigenvalue weighted by atomic mass is 9.83. The van der Waals surface area contributed by atoms with Crippen molar-refractivity contribution in [2.24, 2.45) is 11.8 Å². The van der Waals surface area contributed by atoms with Crippen molar-refractivity contribution in [3.8, 4) is 0 Å². The maximum Gasteiger partial charge on any atom is 0.116 e. The highest BCUT2D eigenvalue weighted by Crippen LogP contribution is 2.61. The van der Waals surface area contributed by atoms with Gasteiger partial charge in [-0.3, -0.25) is 0 Å². The number of nitrogens with zero attached hydrogens (tertiary/aromatic N) is 1. The normalized spacial score (nSPS) is 33.4. The van der Waals surface area contributed by atoms with Crippen molar-refractivity contribution < 1.29 is 26.2 Å². The maximum absolute atomic E-state index is 6.64. The Morgan fingerprint density at radius 2 is 1.65 bits per heavy atom. The highest BCUT2D eigenvalue weighted by molar-refractivity contribution is 5.82. The van der Waals surface area contributed by atoms with E-state index in [0.717, 1.165) is 19.1 Å². The van der Waals surface area contributed by atoms with Crippen LogP contribution in [0.3, 0.4) is 0 Å². The van der Waals surface area contributed by atoms with Gasteiger partial charge in [0.1, 0.15) is 24.7 Å². The fourth-order valence-corrected chi connectivity index (χ4v) is 7.36. The van der Waals surface area contributed by atoms with E-state index in [2.05, 4.69) is 79.7 Å². The van der Waals surface area contributed by atoms with Crippen LogP contribution in [0.4, 0.5) is 0 Å². The molecule has 162 valence electrons. The lowest BCUT2D eigenvalue weighted by Gasteiger charge is -2.44. The van der Waals surface area contributed by atoms with Crippen molar-refractivity contribution in [1.82, 2.24) is 0 Å². The molecule has 0 unspecified atom stereocenters. The highest BCUT2D eigenvalue weighted by Gasteiger charge is 2.71. The van der Waals surface area contributed by atoms with Crippen molar-refractivity contribution in [2.45, 2.75) is 51.0 Å². The summed E-state index contributed by atoms with van der Waals surface area (Å²) in [4.78, 5) is 0. The van der Waals surface area contributed by atoms with E-state index in [-0.39, 0.29) is 17.0 Å². The molecule has 3 heteroatoms. The van der Waals surface area contributed by atoms with Crippen LogP contribution in [0.25, 0.3) is 10.8 Å². The highest BCUT2D eigenvalue weighted by atomic mass is 79.9. The molecule has 2 aliphatic heterocycles. The molecular weight excluding hydrogens is 446 g/mol. The summed E-state index contributed by atoms with van der Waals surface area (Å²) in [5.41, 5.74) is 3.17. The topological polar surface area (TPSA) is 9.23 Å². The van der Waals surface area contributed by atoms with Gasteiger partial charge in [0.25, 0.3) is 0 Å². The average molecular weight is 478 g/mol. The van der Waals surface area contributed by atoms with Crippen LogP contribution in [0.1, 0.15) is 37.3 Å². The first-order chi connectivity index (χ1) is 14.7. The number of ether oxygens (including phenoxy) is 1. The molecule has 2 nitrogen and oxygen atoms in total. The molecule has 1 saturated carbocycles. The van der Waals surface area contributed by atoms with Gasteiger partial charge in [-0.1, -0.05) is 66.7 Å². The third kappa shape index (κ3) is 3.28. The summed E-state index contributed by atoms with van der Waals surface area (Å²) in [5.74, 6) is 1.57. The van der Waals surface area contributed by atoms with E-state index < -0.39 is 0 Å². The molecule has 31 heavy (non-hydrogen) atoms. The second-order valence-electron chi connectivity index (χ2n) is 10.1. The molecule has 3 fully saturated rings. The smallest absolute Gasteiger partial charge is 0.116 e. The van der Waals surface area contributed by atoms with E-state index in [1.54, 1.807) is 0 Å². The maximum atomic E-state index is 6.64. The second kappa shape index (κ2) is 8.03. The first-order valence-electron chi connectivity index (χ1n) is 11.7. The molecule has 3 aromatic rings. The zero-order valence-electron chi connectivity index (χ0n) is 18.3. The fraction of sp³-hybridized carbons (Fsp3) is 0.429. The van der Waals surface area contributed by atoms with Gasteiger partial charge in [0.15, 0.2) is 0 Å². The van der Waals surface area contributed by atoms with E-state index in [1.807, 2.05) is 0 Å². The lowest BCUT2D eigenvalue weighted by molar-refractivity contribution is -0.966. The molecule has 0 N–H and O–H groups in total. The van der Waals surface area contributed by atoms with Crippen LogP contribution in [-0.4, -0.2) is 29.2 Å². The minimum atomic E-state index is 0. The van der Waals surface area contributed by atoms with Gasteiger partial charge in [-0.25, -0.2) is 0 Å². The zero-order valence-corrected chi connectivity index (χ0v) is 19.9. The molecule has 2 heterocycles. The third-order valence-corrected chi connectivity index (χ3v) is 8.92. The predicted octanol–water partition coefficient (Wildman–Crippen LogP) is 2.95. The van der Waals surface area contributed by atoms with Crippen LogP contribution in [-0.2, 0) is 17.9 Å². The van der Waals surface area contributed by atoms with Gasteiger partial charge >= 0.3 is 0 Å². The Morgan fingerprint density at radius 1 is 0.871 bits per heavy atom. The van der Waals surface area contributed by atoms with Crippen LogP contribution in [0, 0.1) is 11.8 Å². The third-order valence-electron chi connectivity index (χ3n) is 8.92. The van der Waals surface area contributed by atoms with Crippen molar-refractivity contribution in [2.75, 3.05) is 13.1 Å². The quantitative estimate of drug-likeness (QED) is 0.513. The monoisotopic (exact) mass is 477 g/mol. The molecule has 0 radical (unpaired) electrons. The average Bonchev–Trinajstić information content (AvgIpc) is 3.35. The number of benzene rings is 3. The summed E-state index contributed by atoms with van der Waals surface area (Å²) in [6.07, 6.45) is 4.52. The summed E-state index contributed by atoms with van der Waals surface area (Å²) >= 11 is 0. The molecule has 3 aromatic carbocycles. The Morgan fingerprint density at radius 3 is 2.48 bits per heavy atom. The largest absolute Gasteiger partial charge is 1.00 e. The van der Waals surface area contributed by atoms with E-state index >= 15 is 0 Å². The van der Waals surface area contributed by atoms with Crippen LogP contribution < -0.4 is 17.0 Å². The number of hydrogen-bond donors (Lipinski definition) is 0. The van der Waals surface area contributed by atoms with Crippen molar-refractivity contribution >= 4 is 10.8 Å². The Hall–Kier alpha value is -1.68. The Labute approximate surface area is 196 Å². The molecule has 0 bridgehead atoms. The summed E-state index contributed by atoms with van der Waals surface area (Å²) in [5, 5.41) is 2.71. The number of quaternary nitrogens is 1. The molecule has 3 aliphatic rings. The lowest BCUT2D eigenvalue weighted by Crippen LogP contribution is -3.00. The van der Waals surface area contributed by atoms with Gasteiger partial charge in [-0.15, -0.1) is 0 Å². The SMILES string of the molecule is C[C@@]12[C@H]3CC[C@@H]1[C@@H](OCc1ccccc1)C[N@+]2(Cc1ccc2ccccc2c1)CC3.[Br-]. The van der Waals surface area contributed by atoms with Crippen molar-refractivity contribution in [3.05, 3.63) is 83.9 Å². The van der Waals surface area contributed by atoms with Gasteiger partial charge in [-0.2, -0.15) is 0 Å². The van der Waals surface area contributed by atoms with Gasteiger partial charge in [-0.05, 0) is 42.2 Å². The van der Waals surface area contributed by atoms with E-state index in [0.29, 0.717) is 17.6 Å². The Kier molecular flexibility index (Phi) is 5.48. The first-order valence-corrected chi connectivity index (χ1v) is 11.7. The van der Waals surface area contributed by atoms with Crippen molar-refractivity contribution in [1.29, 1.82) is 0 Å². The second-order valence-corrected chi connectivity index (χ2v) is 10.1. The van der Waals surface area contributed by atoms with E-state index in [9.17, 15) is 0 Å². The molecule has 0 spiro atoms. The van der Waals surface area contributed by atoms with Gasteiger partial charge in [0, 0.05) is 23.8 Å². The molecule has 6 rings (SSSR count).